The molecular weight excluding hydrogens is 374 g/mol. The Morgan fingerprint density at radius 3 is 2.60 bits per heavy atom. The predicted molar refractivity (Wildman–Crippen MR) is 117 cm³/mol. The minimum absolute atomic E-state index is 0.00955. The Balaban J connectivity index is 1.64. The monoisotopic (exact) mass is 399 g/mol. The van der Waals surface area contributed by atoms with Gasteiger partial charge in [0.2, 0.25) is 5.91 Å². The molecule has 30 heavy (non-hydrogen) atoms. The summed E-state index contributed by atoms with van der Waals surface area (Å²) in [6, 6.07) is 20.9. The lowest BCUT2D eigenvalue weighted by molar-refractivity contribution is -0.132. The minimum atomic E-state index is -0.409. The number of nitrogens with zero attached hydrogens (tertiary/aromatic N) is 3. The molecule has 0 unspecified atom stereocenters. The number of carbonyl (C=O) groups is 2. The summed E-state index contributed by atoms with van der Waals surface area (Å²) in [5.41, 5.74) is 4.19. The van der Waals surface area contributed by atoms with Crippen LogP contribution in [0.3, 0.4) is 0 Å². The lowest BCUT2D eigenvalue weighted by Gasteiger charge is -2.28. The van der Waals surface area contributed by atoms with Crippen LogP contribution in [-0.4, -0.2) is 28.2 Å². The Hall–Kier alpha value is -3.47. The van der Waals surface area contributed by atoms with Crippen molar-refractivity contribution < 1.29 is 9.59 Å². The second-order valence-electron chi connectivity index (χ2n) is 7.56. The van der Waals surface area contributed by atoms with Crippen LogP contribution in [0.25, 0.3) is 0 Å². The van der Waals surface area contributed by atoms with Crippen molar-refractivity contribution in [3.8, 4) is 0 Å². The van der Waals surface area contributed by atoms with Crippen molar-refractivity contribution in [3.63, 3.8) is 0 Å². The molecule has 2 amide bonds. The summed E-state index contributed by atoms with van der Waals surface area (Å²) in [6.07, 6.45) is 1.88. The highest BCUT2D eigenvalue weighted by Crippen LogP contribution is 2.38. The molecule has 1 aliphatic heterocycles. The fraction of sp³-hybridized carbons (Fsp3) is 0.240. The van der Waals surface area contributed by atoms with Crippen molar-refractivity contribution in [1.29, 1.82) is 0 Å². The van der Waals surface area contributed by atoms with Gasteiger partial charge in [-0.3, -0.25) is 19.5 Å². The third-order valence-electron chi connectivity index (χ3n) is 5.51. The lowest BCUT2D eigenvalue weighted by atomic mass is 10.1. The highest BCUT2D eigenvalue weighted by molar-refractivity contribution is 6.11. The second-order valence-corrected chi connectivity index (χ2v) is 7.56. The van der Waals surface area contributed by atoms with Gasteiger partial charge < -0.3 is 4.90 Å². The molecule has 0 spiro atoms. The summed E-state index contributed by atoms with van der Waals surface area (Å²) in [7, 11) is 0. The van der Waals surface area contributed by atoms with Crippen molar-refractivity contribution in [2.75, 3.05) is 11.4 Å². The third kappa shape index (κ3) is 3.83. The van der Waals surface area contributed by atoms with Gasteiger partial charge in [-0.05, 0) is 49.2 Å². The van der Waals surface area contributed by atoms with E-state index in [1.54, 1.807) is 23.2 Å². The summed E-state index contributed by atoms with van der Waals surface area (Å²) in [5, 5.41) is 0. The first-order chi connectivity index (χ1) is 14.6. The zero-order chi connectivity index (χ0) is 21.1. The fourth-order valence-corrected chi connectivity index (χ4v) is 4.00. The molecule has 2 aromatic carbocycles. The Morgan fingerprint density at radius 1 is 1.07 bits per heavy atom. The molecule has 3 aromatic rings. The van der Waals surface area contributed by atoms with Crippen molar-refractivity contribution >= 4 is 17.5 Å². The predicted octanol–water partition coefficient (Wildman–Crippen LogP) is 4.53. The van der Waals surface area contributed by atoms with Gasteiger partial charge in [-0.25, -0.2) is 0 Å². The summed E-state index contributed by atoms with van der Waals surface area (Å²) in [5.74, 6) is -0.0945. The maximum absolute atomic E-state index is 13.3. The van der Waals surface area contributed by atoms with E-state index in [2.05, 4.69) is 4.98 Å². The van der Waals surface area contributed by atoms with Gasteiger partial charge in [0.1, 0.15) is 0 Å². The maximum atomic E-state index is 13.3. The van der Waals surface area contributed by atoms with Crippen LogP contribution in [0.15, 0.2) is 72.9 Å². The van der Waals surface area contributed by atoms with E-state index in [4.69, 9.17) is 0 Å². The molecule has 1 atom stereocenters. The van der Waals surface area contributed by atoms with Gasteiger partial charge in [0, 0.05) is 25.0 Å². The highest BCUT2D eigenvalue weighted by atomic mass is 16.2. The van der Waals surface area contributed by atoms with Gasteiger partial charge in [0.25, 0.3) is 5.91 Å². The number of pyridine rings is 1. The number of amides is 2. The van der Waals surface area contributed by atoms with Crippen LogP contribution in [0.1, 0.15) is 46.6 Å². The van der Waals surface area contributed by atoms with Crippen molar-refractivity contribution in [1.82, 2.24) is 9.88 Å². The molecule has 0 saturated carbocycles. The van der Waals surface area contributed by atoms with Crippen LogP contribution in [0.2, 0.25) is 0 Å². The normalized spacial score (nSPS) is 15.2. The third-order valence-corrected chi connectivity index (χ3v) is 5.51. The van der Waals surface area contributed by atoms with Gasteiger partial charge in [-0.15, -0.1) is 0 Å². The Bertz CT molecular complexity index is 1060. The average Bonchev–Trinajstić information content (AvgIpc) is 3.04. The largest absolute Gasteiger partial charge is 0.339 e. The number of aryl methyl sites for hydroxylation is 1. The molecule has 1 aromatic heterocycles. The van der Waals surface area contributed by atoms with Crippen LogP contribution in [0.5, 0.6) is 0 Å². The number of aromatic nitrogens is 1. The van der Waals surface area contributed by atoms with Crippen molar-refractivity contribution in [2.24, 2.45) is 0 Å². The summed E-state index contributed by atoms with van der Waals surface area (Å²) < 4.78 is 0. The van der Waals surface area contributed by atoms with E-state index >= 15 is 0 Å². The maximum Gasteiger partial charge on any atom is 0.260 e. The fourth-order valence-electron chi connectivity index (χ4n) is 4.00. The van der Waals surface area contributed by atoms with E-state index in [1.807, 2.05) is 73.3 Å². The number of rotatable bonds is 6. The van der Waals surface area contributed by atoms with Gasteiger partial charge in [-0.1, -0.05) is 42.5 Å². The molecule has 0 radical (unpaired) electrons. The molecule has 1 aliphatic rings. The van der Waals surface area contributed by atoms with E-state index in [-0.39, 0.29) is 18.2 Å². The molecule has 152 valence electrons. The lowest BCUT2D eigenvalue weighted by Crippen LogP contribution is -2.35. The summed E-state index contributed by atoms with van der Waals surface area (Å²) >= 11 is 0. The van der Waals surface area contributed by atoms with Gasteiger partial charge in [0.15, 0.2) is 0 Å². The molecule has 5 nitrogen and oxygen atoms in total. The zero-order valence-electron chi connectivity index (χ0n) is 17.3. The number of benzene rings is 2. The van der Waals surface area contributed by atoms with E-state index in [0.717, 1.165) is 16.8 Å². The van der Waals surface area contributed by atoms with Crippen LogP contribution in [0.4, 0.5) is 5.69 Å². The van der Waals surface area contributed by atoms with E-state index in [9.17, 15) is 9.59 Å². The number of carbonyl (C=O) groups excluding carboxylic acids is 2. The molecular formula is C25H25N3O2. The number of fused-ring (bicyclic) bond motifs is 1. The Kier molecular flexibility index (Phi) is 5.61. The van der Waals surface area contributed by atoms with Crippen LogP contribution >= 0.6 is 0 Å². The number of anilines is 1. The minimum Gasteiger partial charge on any atom is -0.339 e. The zero-order valence-corrected chi connectivity index (χ0v) is 17.3. The highest BCUT2D eigenvalue weighted by Gasteiger charge is 2.40. The van der Waals surface area contributed by atoms with Crippen LogP contribution in [-0.2, 0) is 11.3 Å². The van der Waals surface area contributed by atoms with Gasteiger partial charge in [-0.2, -0.15) is 0 Å². The Morgan fingerprint density at radius 2 is 1.87 bits per heavy atom. The smallest absolute Gasteiger partial charge is 0.260 e. The van der Waals surface area contributed by atoms with E-state index < -0.39 is 6.04 Å². The molecule has 0 fully saturated rings. The number of hydrogen-bond acceptors (Lipinski definition) is 3. The second kappa shape index (κ2) is 8.49. The quantitative estimate of drug-likeness (QED) is 0.612. The van der Waals surface area contributed by atoms with Crippen LogP contribution in [0, 0.1) is 6.92 Å². The first-order valence-corrected chi connectivity index (χ1v) is 10.3. The molecule has 0 aliphatic carbocycles. The molecule has 4 rings (SSSR count). The van der Waals surface area contributed by atoms with Crippen molar-refractivity contribution in [2.45, 2.75) is 32.9 Å². The topological polar surface area (TPSA) is 53.5 Å². The molecule has 5 heteroatoms. The molecule has 2 heterocycles. The number of hydrogen-bond donors (Lipinski definition) is 0. The Labute approximate surface area is 177 Å². The summed E-state index contributed by atoms with van der Waals surface area (Å²) in [4.78, 5) is 34.5. The summed E-state index contributed by atoms with van der Waals surface area (Å²) in [6.45, 7) is 5.13. The molecule has 0 bridgehead atoms. The average molecular weight is 399 g/mol. The van der Waals surface area contributed by atoms with Gasteiger partial charge in [0.05, 0.1) is 23.7 Å². The SMILES string of the molecule is CCN(Cc1ccccc1)C(=O)C[C@H]1c2ncccc2C(=O)N1c1cccc(C)c1. The van der Waals surface area contributed by atoms with Crippen LogP contribution < -0.4 is 4.90 Å². The van der Waals surface area contributed by atoms with E-state index in [0.29, 0.717) is 24.3 Å². The molecule has 0 saturated heterocycles. The first kappa shape index (κ1) is 19.8. The standard InChI is InChI=1S/C25H25N3O2/c1-3-27(17-19-10-5-4-6-11-19)23(29)16-22-24-21(13-8-14-26-24)25(30)28(22)20-12-7-9-18(2)15-20/h4-15,22H,3,16-17H2,1-2H3/t22-/m0/s1. The molecule has 0 N–H and O–H groups in total. The van der Waals surface area contributed by atoms with E-state index in [1.165, 1.54) is 0 Å². The van der Waals surface area contributed by atoms with Crippen molar-refractivity contribution in [3.05, 3.63) is 95.3 Å². The van der Waals surface area contributed by atoms with Gasteiger partial charge >= 0.3 is 0 Å². The first-order valence-electron chi connectivity index (χ1n) is 10.3.